The van der Waals surface area contributed by atoms with Crippen molar-refractivity contribution in [3.8, 4) is 11.8 Å². The normalized spacial score (nSPS) is 17.6. The second-order valence-electron chi connectivity index (χ2n) is 9.51. The Morgan fingerprint density at radius 2 is 1.79 bits per heavy atom. The van der Waals surface area contributed by atoms with Crippen molar-refractivity contribution >= 4 is 34.2 Å². The molecule has 0 saturated carbocycles. The predicted molar refractivity (Wildman–Crippen MR) is 136 cm³/mol. The maximum absolute atomic E-state index is 13.7. The molecule has 1 aromatic heterocycles. The molecule has 176 valence electrons. The Morgan fingerprint density at radius 3 is 2.35 bits per heavy atom. The van der Waals surface area contributed by atoms with Crippen molar-refractivity contribution in [3.05, 3.63) is 63.0 Å². The van der Waals surface area contributed by atoms with Crippen LogP contribution in [-0.4, -0.2) is 22.0 Å². The fourth-order valence-electron chi connectivity index (χ4n) is 4.77. The van der Waals surface area contributed by atoms with Gasteiger partial charge in [0.2, 0.25) is 0 Å². The zero-order valence-corrected chi connectivity index (χ0v) is 21.0. The molecule has 0 N–H and O–H groups in total. The number of rotatable bonds is 6. The Labute approximate surface area is 204 Å². The lowest BCUT2D eigenvalue weighted by molar-refractivity contribution is -0.122. The first-order valence-corrected chi connectivity index (χ1v) is 12.2. The second-order valence-corrected chi connectivity index (χ2v) is 9.95. The van der Waals surface area contributed by atoms with E-state index in [0.717, 1.165) is 12.8 Å². The monoisotopic (exact) mass is 476 g/mol. The van der Waals surface area contributed by atoms with Crippen molar-refractivity contribution in [2.24, 2.45) is 5.92 Å². The summed E-state index contributed by atoms with van der Waals surface area (Å²) in [7, 11) is 0. The third-order valence-corrected chi connectivity index (χ3v) is 6.96. The van der Waals surface area contributed by atoms with E-state index in [4.69, 9.17) is 16.6 Å². The average molecular weight is 477 g/mol. The summed E-state index contributed by atoms with van der Waals surface area (Å²) >= 11 is 6.10. The van der Waals surface area contributed by atoms with Crippen LogP contribution >= 0.6 is 11.6 Å². The molecule has 3 aromatic rings. The number of hydrogen-bond acceptors (Lipinski definition) is 4. The van der Waals surface area contributed by atoms with Gasteiger partial charge in [0.05, 0.1) is 22.8 Å². The van der Waals surface area contributed by atoms with Gasteiger partial charge in [-0.25, -0.2) is 4.98 Å². The van der Waals surface area contributed by atoms with Crippen LogP contribution in [0.25, 0.3) is 16.7 Å². The Morgan fingerprint density at radius 1 is 1.12 bits per heavy atom. The number of aromatic nitrogens is 2. The topological polar surface area (TPSA) is 79.0 Å². The van der Waals surface area contributed by atoms with E-state index in [0.29, 0.717) is 45.2 Å². The fraction of sp³-hybridized carbons (Fsp3) is 0.407. The van der Waals surface area contributed by atoms with Crippen LogP contribution in [0.1, 0.15) is 64.6 Å². The van der Waals surface area contributed by atoms with Gasteiger partial charge in [0.15, 0.2) is 5.41 Å². The zero-order valence-electron chi connectivity index (χ0n) is 20.2. The molecule has 1 aliphatic heterocycles. The van der Waals surface area contributed by atoms with E-state index < -0.39 is 5.41 Å². The lowest BCUT2D eigenvalue weighted by Crippen LogP contribution is -2.43. The lowest BCUT2D eigenvalue weighted by atomic mass is 9.73. The zero-order chi connectivity index (χ0) is 24.8. The molecule has 0 spiro atoms. The molecular formula is C27H29ClN4O2. The highest BCUT2D eigenvalue weighted by molar-refractivity contribution is 6.30. The third-order valence-electron chi connectivity index (χ3n) is 6.70. The minimum absolute atomic E-state index is 0.0998. The SMILES string of the molecule is CCCCN1C(=O)C(C#N)(C(C)C)c2cc3nc(C(C)C)c(=O)n(-c4ccc(Cl)cc4)c3cc21. The van der Waals surface area contributed by atoms with Crippen molar-refractivity contribution in [2.75, 3.05) is 11.4 Å². The van der Waals surface area contributed by atoms with Crippen molar-refractivity contribution < 1.29 is 4.79 Å². The highest BCUT2D eigenvalue weighted by Crippen LogP contribution is 2.47. The van der Waals surface area contributed by atoms with E-state index in [1.54, 1.807) is 33.7 Å². The lowest BCUT2D eigenvalue weighted by Gasteiger charge is -2.25. The molecule has 4 rings (SSSR count). The van der Waals surface area contributed by atoms with Gasteiger partial charge in [-0.15, -0.1) is 0 Å². The number of nitrogens with zero attached hydrogens (tertiary/aromatic N) is 4. The van der Waals surface area contributed by atoms with Gasteiger partial charge >= 0.3 is 0 Å². The van der Waals surface area contributed by atoms with E-state index in [9.17, 15) is 14.9 Å². The molecule has 7 heteroatoms. The third kappa shape index (κ3) is 3.50. The first kappa shape index (κ1) is 24.0. The Balaban J connectivity index is 2.12. The number of amides is 1. The molecular weight excluding hydrogens is 448 g/mol. The number of unbranched alkanes of at least 4 members (excludes halogenated alkanes) is 1. The summed E-state index contributed by atoms with van der Waals surface area (Å²) in [6.45, 7) is 10.3. The summed E-state index contributed by atoms with van der Waals surface area (Å²) < 4.78 is 1.64. The summed E-state index contributed by atoms with van der Waals surface area (Å²) in [5.74, 6) is -0.523. The van der Waals surface area contributed by atoms with Crippen molar-refractivity contribution in [3.63, 3.8) is 0 Å². The Kier molecular flexibility index (Phi) is 6.26. The quantitative estimate of drug-likeness (QED) is 0.455. The molecule has 1 atom stereocenters. The number of carbonyl (C=O) groups excluding carboxylic acids is 1. The summed E-state index contributed by atoms with van der Waals surface area (Å²) in [6.07, 6.45) is 1.74. The smallest absolute Gasteiger partial charge is 0.277 e. The highest BCUT2D eigenvalue weighted by Gasteiger charge is 2.53. The van der Waals surface area contributed by atoms with Gasteiger partial charge in [-0.1, -0.05) is 52.6 Å². The number of halogens is 1. The van der Waals surface area contributed by atoms with Crippen molar-refractivity contribution in [1.29, 1.82) is 5.26 Å². The Hall–Kier alpha value is -3.17. The van der Waals surface area contributed by atoms with Crippen LogP contribution in [0.5, 0.6) is 0 Å². The van der Waals surface area contributed by atoms with E-state index >= 15 is 0 Å². The summed E-state index contributed by atoms with van der Waals surface area (Å²) in [6, 6.07) is 13.1. The molecule has 2 aromatic carbocycles. The largest absolute Gasteiger partial charge is 0.310 e. The van der Waals surface area contributed by atoms with Gasteiger partial charge in [-0.3, -0.25) is 14.2 Å². The summed E-state index contributed by atoms with van der Waals surface area (Å²) in [5.41, 5.74) is 2.15. The molecule has 6 nitrogen and oxygen atoms in total. The van der Waals surface area contributed by atoms with Gasteiger partial charge in [0.25, 0.3) is 11.5 Å². The van der Waals surface area contributed by atoms with Gasteiger partial charge in [-0.2, -0.15) is 5.26 Å². The van der Waals surface area contributed by atoms with E-state index in [1.165, 1.54) is 0 Å². The molecule has 0 bridgehead atoms. The minimum atomic E-state index is -1.28. The second kappa shape index (κ2) is 8.88. The first-order chi connectivity index (χ1) is 16.2. The molecule has 0 fully saturated rings. The van der Waals surface area contributed by atoms with E-state index in [1.807, 2.05) is 39.8 Å². The highest BCUT2D eigenvalue weighted by atomic mass is 35.5. The number of fused-ring (bicyclic) bond motifs is 2. The van der Waals surface area contributed by atoms with Gasteiger partial charge in [0, 0.05) is 28.7 Å². The molecule has 0 radical (unpaired) electrons. The molecule has 1 amide bonds. The number of nitriles is 1. The van der Waals surface area contributed by atoms with Crippen molar-refractivity contribution in [2.45, 2.75) is 58.8 Å². The molecule has 34 heavy (non-hydrogen) atoms. The van der Waals surface area contributed by atoms with Gasteiger partial charge in [0.1, 0.15) is 5.69 Å². The molecule has 1 aliphatic rings. The van der Waals surface area contributed by atoms with Crippen LogP contribution < -0.4 is 10.5 Å². The molecule has 0 aliphatic carbocycles. The van der Waals surface area contributed by atoms with Crippen LogP contribution in [0.3, 0.4) is 0 Å². The molecule has 0 saturated heterocycles. The summed E-state index contributed by atoms with van der Waals surface area (Å²) in [4.78, 5) is 33.7. The van der Waals surface area contributed by atoms with Crippen LogP contribution in [0.2, 0.25) is 5.02 Å². The average Bonchev–Trinajstić information content (AvgIpc) is 3.03. The predicted octanol–water partition coefficient (Wildman–Crippen LogP) is 5.73. The van der Waals surface area contributed by atoms with Gasteiger partial charge in [-0.05, 0) is 48.7 Å². The number of anilines is 1. The standard InChI is InChI=1S/C27H29ClN4O2/c1-6-7-12-31-22-14-23-21(13-20(22)27(15-29,17(4)5)26(31)34)30-24(16(2)3)25(33)32(23)19-10-8-18(28)9-11-19/h8-11,13-14,16-17H,6-7,12H2,1-5H3. The molecule has 2 heterocycles. The maximum atomic E-state index is 13.7. The number of hydrogen-bond donors (Lipinski definition) is 0. The van der Waals surface area contributed by atoms with Crippen LogP contribution in [0.15, 0.2) is 41.2 Å². The number of carbonyl (C=O) groups is 1. The Bertz CT molecular complexity index is 1370. The first-order valence-electron chi connectivity index (χ1n) is 11.8. The maximum Gasteiger partial charge on any atom is 0.277 e. The number of benzene rings is 2. The van der Waals surface area contributed by atoms with E-state index in [-0.39, 0.29) is 23.3 Å². The molecule has 1 unspecified atom stereocenters. The summed E-state index contributed by atoms with van der Waals surface area (Å²) in [5, 5.41) is 10.9. The van der Waals surface area contributed by atoms with Crippen LogP contribution in [0.4, 0.5) is 5.69 Å². The van der Waals surface area contributed by atoms with E-state index in [2.05, 4.69) is 13.0 Å². The van der Waals surface area contributed by atoms with Gasteiger partial charge < -0.3 is 4.90 Å². The minimum Gasteiger partial charge on any atom is -0.310 e. The van der Waals surface area contributed by atoms with Crippen LogP contribution in [-0.2, 0) is 10.2 Å². The fourth-order valence-corrected chi connectivity index (χ4v) is 4.89. The van der Waals surface area contributed by atoms with Crippen LogP contribution in [0, 0.1) is 17.2 Å². The van der Waals surface area contributed by atoms with Crippen molar-refractivity contribution in [1.82, 2.24) is 9.55 Å².